The number of anilines is 1. The van der Waals surface area contributed by atoms with Gasteiger partial charge in [-0.2, -0.15) is 0 Å². The molecule has 23 heavy (non-hydrogen) atoms. The number of carbonyl (C=O) groups excluding carboxylic acids is 3. The van der Waals surface area contributed by atoms with Crippen molar-refractivity contribution in [2.45, 2.75) is 19.7 Å². The molecule has 0 bridgehead atoms. The van der Waals surface area contributed by atoms with Crippen LogP contribution in [0, 0.1) is 5.92 Å². The molecule has 0 aliphatic carbocycles. The number of hydrogen-bond donors (Lipinski definition) is 1. The first-order valence-corrected chi connectivity index (χ1v) is 6.61. The molecule has 0 saturated carbocycles. The Morgan fingerprint density at radius 2 is 2.04 bits per heavy atom. The zero-order valence-electron chi connectivity index (χ0n) is 11.9. The molecule has 1 N–H and O–H groups in total. The highest BCUT2D eigenvalue weighted by atomic mass is 19.4. The standard InChI is InChI=1S/C14H12F3NO5/c1-2-22-13(21)9-6-11(19)18-10-4-3-7(23-14(15,16)17)5-8(10)12(9)20/h3-5,9H,2,6H2,1H3,(H,18,19). The predicted octanol–water partition coefficient (Wildman–Crippen LogP) is 2.29. The molecule has 6 nitrogen and oxygen atoms in total. The molecule has 0 radical (unpaired) electrons. The fraction of sp³-hybridized carbons (Fsp3) is 0.357. The minimum Gasteiger partial charge on any atom is -0.465 e. The number of ether oxygens (including phenoxy) is 2. The molecule has 1 amide bonds. The molecule has 1 aliphatic heterocycles. The molecule has 124 valence electrons. The minimum absolute atomic E-state index is 0.00825. The van der Waals surface area contributed by atoms with Crippen molar-refractivity contribution in [1.82, 2.24) is 0 Å². The van der Waals surface area contributed by atoms with E-state index >= 15 is 0 Å². The van der Waals surface area contributed by atoms with E-state index in [2.05, 4.69) is 10.1 Å². The van der Waals surface area contributed by atoms with Gasteiger partial charge in [-0.3, -0.25) is 14.4 Å². The Balaban J connectivity index is 2.40. The maximum atomic E-state index is 12.4. The molecule has 9 heteroatoms. The quantitative estimate of drug-likeness (QED) is 0.679. The topological polar surface area (TPSA) is 81.7 Å². The van der Waals surface area contributed by atoms with E-state index in [-0.39, 0.29) is 17.9 Å². The third-order valence-electron chi connectivity index (χ3n) is 3.04. The van der Waals surface area contributed by atoms with E-state index < -0.39 is 42.1 Å². The van der Waals surface area contributed by atoms with Gasteiger partial charge in [-0.15, -0.1) is 13.2 Å². The van der Waals surface area contributed by atoms with Crippen molar-refractivity contribution in [3.63, 3.8) is 0 Å². The third-order valence-corrected chi connectivity index (χ3v) is 3.04. The molecule has 1 aromatic carbocycles. The summed E-state index contributed by atoms with van der Waals surface area (Å²) >= 11 is 0. The van der Waals surface area contributed by atoms with Gasteiger partial charge in [-0.1, -0.05) is 0 Å². The van der Waals surface area contributed by atoms with Gasteiger partial charge in [-0.25, -0.2) is 0 Å². The van der Waals surface area contributed by atoms with Gasteiger partial charge in [0.1, 0.15) is 11.7 Å². The summed E-state index contributed by atoms with van der Waals surface area (Å²) in [6.07, 6.45) is -5.37. The zero-order valence-corrected chi connectivity index (χ0v) is 11.9. The third kappa shape index (κ3) is 3.99. The number of ketones is 1. The van der Waals surface area contributed by atoms with Gasteiger partial charge in [0.05, 0.1) is 12.3 Å². The van der Waals surface area contributed by atoms with E-state index in [9.17, 15) is 27.6 Å². The van der Waals surface area contributed by atoms with E-state index in [0.29, 0.717) is 0 Å². The molecule has 1 heterocycles. The van der Waals surface area contributed by atoms with Crippen LogP contribution in [0.3, 0.4) is 0 Å². The van der Waals surface area contributed by atoms with E-state index in [0.717, 1.165) is 18.2 Å². The SMILES string of the molecule is CCOC(=O)C1CC(=O)Nc2ccc(OC(F)(F)F)cc2C1=O. The van der Waals surface area contributed by atoms with Crippen molar-refractivity contribution in [3.8, 4) is 5.75 Å². The summed E-state index contributed by atoms with van der Waals surface area (Å²) < 4.78 is 45.3. The lowest BCUT2D eigenvalue weighted by atomic mass is 9.95. The lowest BCUT2D eigenvalue weighted by Gasteiger charge is -2.13. The van der Waals surface area contributed by atoms with Crippen LogP contribution in [0.5, 0.6) is 5.75 Å². The predicted molar refractivity (Wildman–Crippen MR) is 70.8 cm³/mol. The van der Waals surface area contributed by atoms with Gasteiger partial charge >= 0.3 is 12.3 Å². The summed E-state index contributed by atoms with van der Waals surface area (Å²) in [5.74, 6) is -4.34. The molecular weight excluding hydrogens is 319 g/mol. The van der Waals surface area contributed by atoms with Gasteiger partial charge in [0, 0.05) is 12.0 Å². The monoisotopic (exact) mass is 331 g/mol. The lowest BCUT2D eigenvalue weighted by Crippen LogP contribution is -2.28. The summed E-state index contributed by atoms with van der Waals surface area (Å²) in [6, 6.07) is 2.91. The van der Waals surface area contributed by atoms with Crippen molar-refractivity contribution in [2.75, 3.05) is 11.9 Å². The molecule has 0 aromatic heterocycles. The number of amides is 1. The molecule has 1 unspecified atom stereocenters. The first-order chi connectivity index (χ1) is 10.7. The zero-order chi connectivity index (χ0) is 17.2. The lowest BCUT2D eigenvalue weighted by molar-refractivity contribution is -0.274. The van der Waals surface area contributed by atoms with Gasteiger partial charge in [0.15, 0.2) is 5.78 Å². The minimum atomic E-state index is -4.92. The number of nitrogens with one attached hydrogen (secondary N) is 1. The van der Waals surface area contributed by atoms with Crippen molar-refractivity contribution < 1.29 is 37.0 Å². The van der Waals surface area contributed by atoms with Crippen LogP contribution in [-0.4, -0.2) is 30.6 Å². The first-order valence-electron chi connectivity index (χ1n) is 6.61. The highest BCUT2D eigenvalue weighted by molar-refractivity contribution is 6.17. The van der Waals surface area contributed by atoms with Crippen LogP contribution in [0.1, 0.15) is 23.7 Å². The van der Waals surface area contributed by atoms with Gasteiger partial charge in [0.2, 0.25) is 5.91 Å². The summed E-state index contributed by atoms with van der Waals surface area (Å²) in [7, 11) is 0. The van der Waals surface area contributed by atoms with Crippen molar-refractivity contribution in [1.29, 1.82) is 0 Å². The number of alkyl halides is 3. The maximum absolute atomic E-state index is 12.4. The fourth-order valence-corrected chi connectivity index (χ4v) is 2.13. The maximum Gasteiger partial charge on any atom is 0.573 e. The average molecular weight is 331 g/mol. The van der Waals surface area contributed by atoms with Crippen LogP contribution < -0.4 is 10.1 Å². The Kier molecular flexibility index (Phi) is 4.57. The fourth-order valence-electron chi connectivity index (χ4n) is 2.13. The number of rotatable bonds is 3. The molecule has 1 aromatic rings. The van der Waals surface area contributed by atoms with Crippen LogP contribution in [0.25, 0.3) is 0 Å². The van der Waals surface area contributed by atoms with Crippen LogP contribution in [0.15, 0.2) is 18.2 Å². The second kappa shape index (κ2) is 6.27. The Labute approximate surface area is 128 Å². The highest BCUT2D eigenvalue weighted by Gasteiger charge is 2.37. The largest absolute Gasteiger partial charge is 0.573 e. The number of esters is 1. The Bertz CT molecular complexity index is 656. The van der Waals surface area contributed by atoms with Crippen molar-refractivity contribution >= 4 is 23.3 Å². The summed E-state index contributed by atoms with van der Waals surface area (Å²) in [6.45, 7) is 1.54. The van der Waals surface area contributed by atoms with Gasteiger partial charge < -0.3 is 14.8 Å². The number of halogens is 3. The molecule has 0 saturated heterocycles. The molecule has 1 atom stereocenters. The Morgan fingerprint density at radius 3 is 2.65 bits per heavy atom. The van der Waals surface area contributed by atoms with E-state index in [1.165, 1.54) is 6.92 Å². The number of hydrogen-bond acceptors (Lipinski definition) is 5. The second-order valence-electron chi connectivity index (χ2n) is 4.68. The smallest absolute Gasteiger partial charge is 0.465 e. The van der Waals surface area contributed by atoms with Crippen LogP contribution in [0.4, 0.5) is 18.9 Å². The van der Waals surface area contributed by atoms with Crippen LogP contribution >= 0.6 is 0 Å². The average Bonchev–Trinajstić information content (AvgIpc) is 2.55. The van der Waals surface area contributed by atoms with Gasteiger partial charge in [-0.05, 0) is 25.1 Å². The first kappa shape index (κ1) is 16.8. The number of fused-ring (bicyclic) bond motifs is 1. The van der Waals surface area contributed by atoms with Crippen LogP contribution in [0.2, 0.25) is 0 Å². The number of benzene rings is 1. The van der Waals surface area contributed by atoms with Crippen molar-refractivity contribution in [2.24, 2.45) is 5.92 Å². The normalized spacial score (nSPS) is 17.8. The molecular formula is C14H12F3NO5. The van der Waals surface area contributed by atoms with Crippen LogP contribution in [-0.2, 0) is 14.3 Å². The highest BCUT2D eigenvalue weighted by Crippen LogP contribution is 2.31. The van der Waals surface area contributed by atoms with Crippen molar-refractivity contribution in [3.05, 3.63) is 23.8 Å². The summed E-state index contributed by atoms with van der Waals surface area (Å²) in [5.41, 5.74) is -0.225. The Hall–Kier alpha value is -2.58. The molecule has 2 rings (SSSR count). The van der Waals surface area contributed by atoms with E-state index in [4.69, 9.17) is 4.74 Å². The summed E-state index contributed by atoms with van der Waals surface area (Å²) in [5, 5.41) is 2.37. The van der Waals surface area contributed by atoms with E-state index in [1.807, 2.05) is 0 Å². The summed E-state index contributed by atoms with van der Waals surface area (Å²) in [4.78, 5) is 35.9. The molecule has 0 spiro atoms. The molecule has 0 fully saturated rings. The van der Waals surface area contributed by atoms with E-state index in [1.54, 1.807) is 0 Å². The number of carbonyl (C=O) groups is 3. The number of Topliss-reactive ketones (excluding diaryl/α,β-unsaturated/α-hetero) is 1. The molecule has 1 aliphatic rings. The second-order valence-corrected chi connectivity index (χ2v) is 4.68. The Morgan fingerprint density at radius 1 is 1.35 bits per heavy atom. The van der Waals surface area contributed by atoms with Gasteiger partial charge in [0.25, 0.3) is 0 Å².